The summed E-state index contributed by atoms with van der Waals surface area (Å²) in [5, 5.41) is 18.8. The summed E-state index contributed by atoms with van der Waals surface area (Å²) in [5.74, 6) is -0.150. The highest BCUT2D eigenvalue weighted by atomic mass is 16.3. The Hall–Kier alpha value is -2.96. The van der Waals surface area contributed by atoms with Gasteiger partial charge in [-0.3, -0.25) is 0 Å². The van der Waals surface area contributed by atoms with Crippen LogP contribution in [0.4, 0.5) is 5.82 Å². The van der Waals surface area contributed by atoms with Crippen LogP contribution in [0.25, 0.3) is 22.4 Å². The zero-order chi connectivity index (χ0) is 13.4. The lowest BCUT2D eigenvalue weighted by Crippen LogP contribution is -1.98. The molecular formula is C12H9N5O2. The minimum absolute atomic E-state index is 0.191. The minimum atomic E-state index is -0.221. The van der Waals surface area contributed by atoms with Crippen LogP contribution in [0.1, 0.15) is 0 Å². The molecule has 0 bridgehead atoms. The Labute approximate surface area is 107 Å². The molecule has 7 heteroatoms. The molecule has 19 heavy (non-hydrogen) atoms. The molecule has 0 aliphatic carbocycles. The molecule has 0 atom stereocenters. The Morgan fingerprint density at radius 1 is 1.00 bits per heavy atom. The summed E-state index contributed by atoms with van der Waals surface area (Å²) in [4.78, 5) is 16.3. The van der Waals surface area contributed by atoms with Crippen LogP contribution in [-0.2, 0) is 0 Å². The van der Waals surface area contributed by atoms with E-state index in [1.54, 1.807) is 6.07 Å². The van der Waals surface area contributed by atoms with Crippen molar-refractivity contribution in [3.8, 4) is 22.8 Å². The Balaban J connectivity index is 2.17. The van der Waals surface area contributed by atoms with E-state index in [0.717, 1.165) is 0 Å². The van der Waals surface area contributed by atoms with Crippen LogP contribution in [0, 0.1) is 0 Å². The lowest BCUT2D eigenvalue weighted by atomic mass is 10.1. The van der Waals surface area contributed by atoms with Gasteiger partial charge in [0.25, 0.3) is 0 Å². The van der Waals surface area contributed by atoms with Gasteiger partial charge in [-0.15, -0.1) is 0 Å². The zero-order valence-corrected chi connectivity index (χ0v) is 9.65. The third kappa shape index (κ3) is 1.86. The molecule has 94 valence electrons. The number of phenolic OH excluding ortho intramolecular Hbond substituents is 2. The van der Waals surface area contributed by atoms with Crippen LogP contribution >= 0.6 is 0 Å². The van der Waals surface area contributed by atoms with Gasteiger partial charge in [0.15, 0.2) is 23.0 Å². The first-order valence-electron chi connectivity index (χ1n) is 5.41. The standard InChI is InChI=1S/C12H9N5O2/c13-11-10-12(16-5-15-11)17-7(4-14-10)6-1-2-8(18)9(19)3-6/h1-5,18-19H,(H2,13,15,16,17). The molecule has 1 aromatic carbocycles. The van der Waals surface area contributed by atoms with Gasteiger partial charge in [-0.25, -0.2) is 19.9 Å². The number of rotatable bonds is 1. The molecule has 0 unspecified atom stereocenters. The van der Waals surface area contributed by atoms with Crippen molar-refractivity contribution in [2.45, 2.75) is 0 Å². The quantitative estimate of drug-likeness (QED) is 0.557. The summed E-state index contributed by atoms with van der Waals surface area (Å²) in [6.07, 6.45) is 2.82. The van der Waals surface area contributed by atoms with E-state index in [2.05, 4.69) is 19.9 Å². The third-order valence-corrected chi connectivity index (χ3v) is 2.64. The highest BCUT2D eigenvalue weighted by Gasteiger charge is 2.08. The van der Waals surface area contributed by atoms with Crippen molar-refractivity contribution in [2.75, 3.05) is 5.73 Å². The second-order valence-electron chi connectivity index (χ2n) is 3.89. The van der Waals surface area contributed by atoms with Crippen molar-refractivity contribution >= 4 is 17.0 Å². The van der Waals surface area contributed by atoms with Gasteiger partial charge in [-0.05, 0) is 18.2 Å². The molecule has 0 spiro atoms. The first-order chi connectivity index (χ1) is 9.15. The number of fused-ring (bicyclic) bond motifs is 1. The zero-order valence-electron chi connectivity index (χ0n) is 9.65. The van der Waals surface area contributed by atoms with Crippen molar-refractivity contribution in [2.24, 2.45) is 0 Å². The van der Waals surface area contributed by atoms with Gasteiger partial charge in [-0.1, -0.05) is 0 Å². The Kier molecular flexibility index (Phi) is 2.38. The molecule has 0 amide bonds. The van der Waals surface area contributed by atoms with E-state index in [9.17, 15) is 10.2 Å². The monoisotopic (exact) mass is 255 g/mol. The van der Waals surface area contributed by atoms with Crippen LogP contribution in [-0.4, -0.2) is 30.1 Å². The van der Waals surface area contributed by atoms with Crippen LogP contribution < -0.4 is 5.73 Å². The molecule has 0 radical (unpaired) electrons. The maximum Gasteiger partial charge on any atom is 0.184 e. The van der Waals surface area contributed by atoms with Crippen LogP contribution in [0.5, 0.6) is 11.5 Å². The molecule has 7 nitrogen and oxygen atoms in total. The number of hydrogen-bond donors (Lipinski definition) is 3. The van der Waals surface area contributed by atoms with Gasteiger partial charge < -0.3 is 15.9 Å². The maximum atomic E-state index is 9.47. The SMILES string of the molecule is Nc1ncnc2nc(-c3ccc(O)c(O)c3)cnc12. The summed E-state index contributed by atoms with van der Waals surface area (Å²) < 4.78 is 0. The number of hydrogen-bond acceptors (Lipinski definition) is 7. The molecule has 2 aromatic heterocycles. The summed E-state index contributed by atoms with van der Waals surface area (Å²) in [6.45, 7) is 0. The van der Waals surface area contributed by atoms with Gasteiger partial charge in [-0.2, -0.15) is 0 Å². The van der Waals surface area contributed by atoms with Crippen LogP contribution in [0.15, 0.2) is 30.7 Å². The van der Waals surface area contributed by atoms with E-state index in [0.29, 0.717) is 22.4 Å². The fourth-order valence-corrected chi connectivity index (χ4v) is 1.68. The van der Waals surface area contributed by atoms with E-state index in [-0.39, 0.29) is 17.3 Å². The number of nitrogens with two attached hydrogens (primary N) is 1. The van der Waals surface area contributed by atoms with Gasteiger partial charge in [0, 0.05) is 5.56 Å². The molecule has 0 aliphatic heterocycles. The highest BCUT2D eigenvalue weighted by Crippen LogP contribution is 2.29. The summed E-state index contributed by atoms with van der Waals surface area (Å²) in [7, 11) is 0. The number of nitrogen functional groups attached to an aromatic ring is 1. The fraction of sp³-hybridized carbons (Fsp3) is 0. The van der Waals surface area contributed by atoms with Crippen molar-refractivity contribution in [1.82, 2.24) is 19.9 Å². The maximum absolute atomic E-state index is 9.47. The smallest absolute Gasteiger partial charge is 0.184 e. The summed E-state index contributed by atoms with van der Waals surface area (Å²) in [6, 6.07) is 4.40. The summed E-state index contributed by atoms with van der Waals surface area (Å²) in [5.41, 5.74) is 7.59. The average Bonchev–Trinajstić information content (AvgIpc) is 2.42. The number of nitrogens with zero attached hydrogens (tertiary/aromatic N) is 4. The van der Waals surface area contributed by atoms with E-state index >= 15 is 0 Å². The predicted octanol–water partition coefficient (Wildman–Crippen LogP) is 1.08. The van der Waals surface area contributed by atoms with Crippen molar-refractivity contribution in [1.29, 1.82) is 0 Å². The van der Waals surface area contributed by atoms with Crippen molar-refractivity contribution < 1.29 is 10.2 Å². The van der Waals surface area contributed by atoms with Gasteiger partial charge in [0.05, 0.1) is 11.9 Å². The first-order valence-corrected chi connectivity index (χ1v) is 5.41. The lowest BCUT2D eigenvalue weighted by molar-refractivity contribution is 0.404. The van der Waals surface area contributed by atoms with Crippen molar-refractivity contribution in [3.05, 3.63) is 30.7 Å². The topological polar surface area (TPSA) is 118 Å². The average molecular weight is 255 g/mol. The molecule has 4 N–H and O–H groups in total. The largest absolute Gasteiger partial charge is 0.504 e. The van der Waals surface area contributed by atoms with Gasteiger partial charge in [0.2, 0.25) is 0 Å². The number of benzene rings is 1. The Morgan fingerprint density at radius 3 is 2.63 bits per heavy atom. The molecule has 0 saturated heterocycles. The molecule has 0 saturated carbocycles. The van der Waals surface area contributed by atoms with E-state index in [4.69, 9.17) is 5.73 Å². The lowest BCUT2D eigenvalue weighted by Gasteiger charge is -2.04. The Bertz CT molecular complexity index is 775. The molecule has 2 heterocycles. The second kappa shape index (κ2) is 4.05. The number of phenols is 2. The van der Waals surface area contributed by atoms with Gasteiger partial charge in [0.1, 0.15) is 11.8 Å². The second-order valence-corrected chi connectivity index (χ2v) is 3.89. The van der Waals surface area contributed by atoms with Crippen molar-refractivity contribution in [3.63, 3.8) is 0 Å². The normalized spacial score (nSPS) is 10.7. The minimum Gasteiger partial charge on any atom is -0.504 e. The van der Waals surface area contributed by atoms with Gasteiger partial charge >= 0.3 is 0 Å². The molecule has 0 aliphatic rings. The highest BCUT2D eigenvalue weighted by molar-refractivity contribution is 5.82. The van der Waals surface area contributed by atoms with E-state index in [1.807, 2.05) is 0 Å². The Morgan fingerprint density at radius 2 is 1.84 bits per heavy atom. The molecule has 0 fully saturated rings. The fourth-order valence-electron chi connectivity index (χ4n) is 1.68. The third-order valence-electron chi connectivity index (χ3n) is 2.64. The molecule has 3 aromatic rings. The molecule has 3 rings (SSSR count). The van der Waals surface area contributed by atoms with E-state index < -0.39 is 0 Å². The van der Waals surface area contributed by atoms with E-state index in [1.165, 1.54) is 24.7 Å². The number of aromatic hydroxyl groups is 2. The summed E-state index contributed by atoms with van der Waals surface area (Å²) >= 11 is 0. The molecular weight excluding hydrogens is 246 g/mol. The number of anilines is 1. The van der Waals surface area contributed by atoms with Crippen LogP contribution in [0.3, 0.4) is 0 Å². The number of aromatic nitrogens is 4. The van der Waals surface area contributed by atoms with Crippen LogP contribution in [0.2, 0.25) is 0 Å². The first kappa shape index (κ1) is 11.1. The predicted molar refractivity (Wildman–Crippen MR) is 68.3 cm³/mol.